The zero-order valence-electron chi connectivity index (χ0n) is 55.5. The number of anilines is 6. The van der Waals surface area contributed by atoms with Gasteiger partial charge in [-0.3, -0.25) is 20.7 Å². The minimum atomic E-state index is -0.381. The summed E-state index contributed by atoms with van der Waals surface area (Å²) in [7, 11) is 0. The van der Waals surface area contributed by atoms with Gasteiger partial charge in [0, 0.05) is 83.1 Å². The van der Waals surface area contributed by atoms with E-state index in [1.807, 2.05) is 170 Å². The van der Waals surface area contributed by atoms with E-state index < -0.39 is 0 Å². The second-order valence-corrected chi connectivity index (χ2v) is 26.1. The molecule has 0 atom stereocenters. The van der Waals surface area contributed by atoms with Crippen molar-refractivity contribution in [2.75, 3.05) is 58.5 Å². The molecule has 0 unspecified atom stereocenters. The van der Waals surface area contributed by atoms with Crippen molar-refractivity contribution in [3.8, 4) is 22.9 Å². The molecule has 7 N–H and O–H groups in total. The average Bonchev–Trinajstić information content (AvgIpc) is 1.73. The van der Waals surface area contributed by atoms with Gasteiger partial charge in [0.1, 0.15) is 48.0 Å². The van der Waals surface area contributed by atoms with Crippen molar-refractivity contribution in [1.82, 2.24) is 39.3 Å². The number of aromatic nitrogens is 6. The van der Waals surface area contributed by atoms with E-state index in [2.05, 4.69) is 78.1 Å². The molecule has 0 saturated carbocycles. The number of nitrogen functional groups attached to an aromatic ring is 1. The van der Waals surface area contributed by atoms with E-state index in [1.165, 1.54) is 6.42 Å². The maximum absolute atomic E-state index is 13.4. The van der Waals surface area contributed by atoms with Crippen molar-refractivity contribution in [1.29, 1.82) is 0 Å². The predicted octanol–water partition coefficient (Wildman–Crippen LogP) is 17.4. The van der Waals surface area contributed by atoms with E-state index >= 15 is 0 Å². The van der Waals surface area contributed by atoms with Crippen LogP contribution in [0.5, 0.6) is 11.5 Å². The second kappa shape index (κ2) is 31.8. The summed E-state index contributed by atoms with van der Waals surface area (Å²) in [4.78, 5) is 61.6. The molecular formula is C74H84Cl2N14O6. The number of urea groups is 3. The summed E-state index contributed by atoms with van der Waals surface area (Å²) in [6, 6.07) is 49.3. The SMILES string of the molecule is Cc1ccc(-n2nc(C(C)(C)C)cc2NC(=O)Nc2ccc(OCc3ccnc(N)c3)c3ccccc23)cc1.Cc1ccc(-n2nc(C(C)(C)C)cc2NC(=O)Nc2ccc(OCc3ccnc(NC(=O)N4CCCCC4)c3)c3ccccc23)cc1.Cl.O=C(Cl)N1CCCCC1. The Bertz CT molecular complexity index is 4320. The summed E-state index contributed by atoms with van der Waals surface area (Å²) in [6.45, 7) is 20.5. The summed E-state index contributed by atoms with van der Waals surface area (Å²) in [5, 5.41) is 27.7. The summed E-state index contributed by atoms with van der Waals surface area (Å²) in [5.41, 5.74) is 14.3. The standard InChI is InChI=1S/C37H41N7O3.C31H32N6O2.C6H10ClNO.ClH/c1-25-12-14-27(15-13-25)44-34(23-32(42-44)37(2,3)4)41-35(45)39-30-16-17-31(29-11-7-6-10-28(29)30)47-24-26-18-19-38-33(22-26)40-36(46)43-20-8-5-9-21-43;1-20-9-11-22(12-10-20)37-29(18-27(36-37)31(2,3)4)35-30(38)34-25-13-14-26(24-8-6-5-7-23(24)25)39-19-21-15-16-33-28(32)17-21;7-6(9)8-4-2-1-3-5-8;/h6-7,10-19,22-23H,5,8-9,20-21,24H2,1-4H3,(H,38,40,46)(H2,39,41,45);5-18H,19H2,1-4H3,(H2,32,33)(H2,34,35,38);1-5H2;1H. The maximum Gasteiger partial charge on any atom is 0.324 e. The minimum Gasteiger partial charge on any atom is -0.488 e. The molecule has 0 radical (unpaired) electrons. The van der Waals surface area contributed by atoms with Crippen LogP contribution >= 0.6 is 24.0 Å². The normalized spacial score (nSPS) is 13.0. The molecule has 20 nitrogen and oxygen atoms in total. The van der Waals surface area contributed by atoms with Gasteiger partial charge in [0.15, 0.2) is 0 Å². The van der Waals surface area contributed by atoms with Crippen molar-refractivity contribution < 1.29 is 28.7 Å². The Kier molecular flexibility index (Phi) is 23.3. The first kappa shape index (κ1) is 70.1. The number of hydrogen-bond acceptors (Lipinski definition) is 11. The second-order valence-electron chi connectivity index (χ2n) is 25.8. The average molecular weight is 1340 g/mol. The van der Waals surface area contributed by atoms with Crippen molar-refractivity contribution in [3.63, 3.8) is 0 Å². The van der Waals surface area contributed by atoms with Gasteiger partial charge in [-0.05, 0) is 148 Å². The molecule has 2 aliphatic heterocycles. The summed E-state index contributed by atoms with van der Waals surface area (Å²) in [6.07, 6.45) is 10.0. The lowest BCUT2D eigenvalue weighted by Crippen LogP contribution is -2.38. The first-order valence-electron chi connectivity index (χ1n) is 32.1. The number of pyridine rings is 2. The highest BCUT2D eigenvalue weighted by Gasteiger charge is 2.25. The largest absolute Gasteiger partial charge is 0.488 e. The third kappa shape index (κ3) is 18.6. The van der Waals surface area contributed by atoms with Crippen LogP contribution in [0.3, 0.4) is 0 Å². The van der Waals surface area contributed by atoms with Crippen molar-refractivity contribution >= 4 is 104 Å². The molecule has 0 spiro atoms. The van der Waals surface area contributed by atoms with Crippen LogP contribution < -0.4 is 41.8 Å². The number of carbonyl (C=O) groups is 4. The molecule has 2 aliphatic rings. The molecule has 2 fully saturated rings. The van der Waals surface area contributed by atoms with E-state index in [1.54, 1.807) is 32.7 Å². The van der Waals surface area contributed by atoms with Crippen molar-refractivity contribution in [2.45, 2.75) is 118 Å². The van der Waals surface area contributed by atoms with Gasteiger partial charge in [0.25, 0.3) is 0 Å². The lowest BCUT2D eigenvalue weighted by atomic mass is 9.92. The van der Waals surface area contributed by atoms with Crippen molar-refractivity contribution in [2.24, 2.45) is 0 Å². The summed E-state index contributed by atoms with van der Waals surface area (Å²) < 4.78 is 15.9. The lowest BCUT2D eigenvalue weighted by Gasteiger charge is -2.26. The number of benzene rings is 6. The molecule has 500 valence electrons. The van der Waals surface area contributed by atoms with E-state index in [0.29, 0.717) is 52.8 Å². The van der Waals surface area contributed by atoms with Crippen LogP contribution in [0.25, 0.3) is 32.9 Å². The van der Waals surface area contributed by atoms with Gasteiger partial charge < -0.3 is 35.6 Å². The van der Waals surface area contributed by atoms with Crippen LogP contribution in [0.15, 0.2) is 170 Å². The number of hydrogen-bond donors (Lipinski definition) is 6. The number of nitrogens with one attached hydrogen (secondary N) is 5. The Balaban J connectivity index is 0.000000200. The van der Waals surface area contributed by atoms with E-state index in [4.69, 9.17) is 37.0 Å². The van der Waals surface area contributed by atoms with Crippen LogP contribution in [0.4, 0.5) is 53.8 Å². The number of nitrogens with zero attached hydrogens (tertiary/aromatic N) is 8. The van der Waals surface area contributed by atoms with Gasteiger partial charge in [-0.25, -0.2) is 33.7 Å². The molecule has 0 bridgehead atoms. The van der Waals surface area contributed by atoms with Crippen LogP contribution in [-0.2, 0) is 24.0 Å². The van der Waals surface area contributed by atoms with Gasteiger partial charge in [-0.1, -0.05) is 125 Å². The first-order chi connectivity index (χ1) is 45.6. The number of ether oxygens (including phenoxy) is 2. The lowest BCUT2D eigenvalue weighted by molar-refractivity contribution is 0.200. The van der Waals surface area contributed by atoms with Gasteiger partial charge in [-0.2, -0.15) is 10.2 Å². The number of fused-ring (bicyclic) bond motifs is 2. The number of carbonyl (C=O) groups excluding carboxylic acids is 4. The number of aryl methyl sites for hydroxylation is 2. The molecule has 12 rings (SSSR count). The Morgan fingerprint density at radius 2 is 0.906 bits per heavy atom. The molecule has 6 aromatic carbocycles. The molecule has 22 heteroatoms. The first-order valence-corrected chi connectivity index (χ1v) is 32.5. The third-order valence-electron chi connectivity index (χ3n) is 16.2. The molecule has 96 heavy (non-hydrogen) atoms. The zero-order valence-corrected chi connectivity index (χ0v) is 57.1. The monoisotopic (exact) mass is 1330 g/mol. The predicted molar refractivity (Wildman–Crippen MR) is 387 cm³/mol. The maximum atomic E-state index is 13.4. The van der Waals surface area contributed by atoms with E-state index in [9.17, 15) is 19.2 Å². The number of halogens is 2. The fourth-order valence-electron chi connectivity index (χ4n) is 10.9. The molecule has 0 aliphatic carbocycles. The van der Waals surface area contributed by atoms with Crippen LogP contribution in [0.1, 0.15) is 114 Å². The number of amides is 7. The highest BCUT2D eigenvalue weighted by molar-refractivity contribution is 6.62. The molecule has 7 amide bonds. The molecule has 10 aromatic rings. The van der Waals surface area contributed by atoms with Gasteiger partial charge in [0.05, 0.1) is 34.1 Å². The van der Waals surface area contributed by atoms with Gasteiger partial charge in [0.2, 0.25) is 0 Å². The zero-order chi connectivity index (χ0) is 67.2. The third-order valence-corrected chi connectivity index (χ3v) is 16.4. The number of rotatable bonds is 13. The Morgan fingerprint density at radius 1 is 0.490 bits per heavy atom. The fraction of sp³-hybridized carbons (Fsp3) is 0.297. The highest BCUT2D eigenvalue weighted by Crippen LogP contribution is 2.36. The Labute approximate surface area is 571 Å². The summed E-state index contributed by atoms with van der Waals surface area (Å²) in [5.74, 6) is 3.49. The van der Waals surface area contributed by atoms with Crippen LogP contribution in [0, 0.1) is 13.8 Å². The Morgan fingerprint density at radius 3 is 1.32 bits per heavy atom. The quantitative estimate of drug-likeness (QED) is 0.0468. The molecule has 6 heterocycles. The number of likely N-dealkylation sites (tertiary alicyclic amines) is 2. The van der Waals surface area contributed by atoms with E-state index in [-0.39, 0.29) is 53.3 Å². The molecule has 4 aromatic heterocycles. The summed E-state index contributed by atoms with van der Waals surface area (Å²) >= 11 is 5.24. The van der Waals surface area contributed by atoms with Gasteiger partial charge >= 0.3 is 23.5 Å². The topological polar surface area (TPSA) is 241 Å². The number of piperidine rings is 2. The molecule has 2 saturated heterocycles. The van der Waals surface area contributed by atoms with E-state index in [0.717, 1.165) is 125 Å². The smallest absolute Gasteiger partial charge is 0.324 e. The number of nitrogens with two attached hydrogens (primary N) is 1. The van der Waals surface area contributed by atoms with Crippen molar-refractivity contribution in [3.05, 3.63) is 204 Å². The van der Waals surface area contributed by atoms with Crippen LogP contribution in [-0.4, -0.2) is 89.0 Å². The van der Waals surface area contributed by atoms with Crippen LogP contribution in [0.2, 0.25) is 0 Å². The minimum absolute atomic E-state index is 0. The fourth-order valence-corrected chi connectivity index (χ4v) is 11.1. The Hall–Kier alpha value is -10.2. The highest BCUT2D eigenvalue weighted by atomic mass is 35.5. The van der Waals surface area contributed by atoms with Gasteiger partial charge in [-0.15, -0.1) is 12.4 Å². The molecular weight excluding hydrogens is 1250 g/mol.